The van der Waals surface area contributed by atoms with Crippen molar-refractivity contribution in [1.82, 2.24) is 10.0 Å². The number of nitrogens with one attached hydrogen (secondary N) is 2. The number of hydrogen-bond acceptors (Lipinski definition) is 4. The predicted molar refractivity (Wildman–Crippen MR) is 86.7 cm³/mol. The SMILES string of the molecule is CCC(NC)c1cccc(S(=O)(=O)NC(C)CSC)c1. The molecule has 0 saturated carbocycles. The lowest BCUT2D eigenvalue weighted by Crippen LogP contribution is -2.34. The Morgan fingerprint density at radius 1 is 1.35 bits per heavy atom. The van der Waals surface area contributed by atoms with E-state index in [4.69, 9.17) is 0 Å². The fourth-order valence-corrected chi connectivity index (χ4v) is 4.11. The first-order valence-electron chi connectivity index (χ1n) is 6.73. The van der Waals surface area contributed by atoms with Gasteiger partial charge in [-0.05, 0) is 44.3 Å². The summed E-state index contributed by atoms with van der Waals surface area (Å²) in [4.78, 5) is 0.330. The lowest BCUT2D eigenvalue weighted by Gasteiger charge is -2.17. The molecule has 4 nitrogen and oxygen atoms in total. The summed E-state index contributed by atoms with van der Waals surface area (Å²) >= 11 is 1.62. The van der Waals surface area contributed by atoms with Crippen LogP contribution in [0.2, 0.25) is 0 Å². The number of thioether (sulfide) groups is 1. The number of benzene rings is 1. The van der Waals surface area contributed by atoms with Gasteiger partial charge in [-0.2, -0.15) is 11.8 Å². The van der Waals surface area contributed by atoms with Crippen LogP contribution in [0.25, 0.3) is 0 Å². The van der Waals surface area contributed by atoms with Crippen molar-refractivity contribution in [3.8, 4) is 0 Å². The zero-order valence-electron chi connectivity index (χ0n) is 12.5. The van der Waals surface area contributed by atoms with Crippen molar-refractivity contribution < 1.29 is 8.42 Å². The van der Waals surface area contributed by atoms with E-state index in [2.05, 4.69) is 17.0 Å². The van der Waals surface area contributed by atoms with Crippen molar-refractivity contribution in [2.24, 2.45) is 0 Å². The van der Waals surface area contributed by atoms with Crippen LogP contribution < -0.4 is 10.0 Å². The average molecular weight is 316 g/mol. The molecule has 0 radical (unpaired) electrons. The first kappa shape index (κ1) is 17.5. The minimum absolute atomic E-state index is 0.0788. The van der Waals surface area contributed by atoms with Gasteiger partial charge in [0.1, 0.15) is 0 Å². The van der Waals surface area contributed by atoms with Crippen molar-refractivity contribution in [2.75, 3.05) is 19.1 Å². The lowest BCUT2D eigenvalue weighted by molar-refractivity contribution is 0.565. The third kappa shape index (κ3) is 4.77. The molecule has 114 valence electrons. The average Bonchev–Trinajstić information content (AvgIpc) is 2.40. The standard InChI is InChI=1S/C14H24N2O2S2/c1-5-14(15-3)12-7-6-8-13(9-12)20(17,18)16-11(2)10-19-4/h6-9,11,14-16H,5,10H2,1-4H3. The summed E-state index contributed by atoms with van der Waals surface area (Å²) in [5.74, 6) is 0.757. The molecule has 2 unspecified atom stereocenters. The second kappa shape index (κ2) is 8.02. The molecule has 0 bridgehead atoms. The molecule has 0 amide bonds. The number of hydrogen-bond donors (Lipinski definition) is 2. The zero-order chi connectivity index (χ0) is 15.2. The molecule has 1 rings (SSSR count). The molecule has 1 aromatic carbocycles. The van der Waals surface area contributed by atoms with Gasteiger partial charge in [-0.25, -0.2) is 13.1 Å². The van der Waals surface area contributed by atoms with Crippen molar-refractivity contribution in [1.29, 1.82) is 0 Å². The lowest BCUT2D eigenvalue weighted by atomic mass is 10.1. The van der Waals surface area contributed by atoms with Crippen LogP contribution in [-0.4, -0.2) is 33.5 Å². The minimum Gasteiger partial charge on any atom is -0.313 e. The van der Waals surface area contributed by atoms with Gasteiger partial charge < -0.3 is 5.32 Å². The van der Waals surface area contributed by atoms with E-state index in [0.717, 1.165) is 17.7 Å². The molecule has 0 heterocycles. The molecule has 0 spiro atoms. The molecule has 0 aliphatic carbocycles. The fraction of sp³-hybridized carbons (Fsp3) is 0.571. The Labute approximate surface area is 126 Å². The molecular weight excluding hydrogens is 292 g/mol. The maximum Gasteiger partial charge on any atom is 0.240 e. The Balaban J connectivity index is 2.98. The number of sulfonamides is 1. The first-order chi connectivity index (χ1) is 9.44. The molecule has 0 aliphatic heterocycles. The second-order valence-electron chi connectivity index (χ2n) is 4.80. The summed E-state index contributed by atoms with van der Waals surface area (Å²) in [5, 5.41) is 3.19. The Hall–Kier alpha value is -0.560. The van der Waals surface area contributed by atoms with Gasteiger partial charge in [0.05, 0.1) is 4.90 Å². The highest BCUT2D eigenvalue weighted by atomic mass is 32.2. The molecule has 2 atom stereocenters. The predicted octanol–water partition coefficient (Wildman–Crippen LogP) is 2.39. The monoisotopic (exact) mass is 316 g/mol. The van der Waals surface area contributed by atoms with Gasteiger partial charge in [-0.3, -0.25) is 0 Å². The van der Waals surface area contributed by atoms with Gasteiger partial charge in [0, 0.05) is 17.8 Å². The Bertz CT molecular complexity index is 514. The highest BCUT2D eigenvalue weighted by molar-refractivity contribution is 7.98. The molecule has 2 N–H and O–H groups in total. The van der Waals surface area contributed by atoms with Crippen LogP contribution in [0.15, 0.2) is 29.2 Å². The number of rotatable bonds is 8. The van der Waals surface area contributed by atoms with E-state index >= 15 is 0 Å². The Kier molecular flexibility index (Phi) is 7.02. The second-order valence-corrected chi connectivity index (χ2v) is 7.42. The summed E-state index contributed by atoms with van der Waals surface area (Å²) in [7, 11) is -1.56. The van der Waals surface area contributed by atoms with Crippen molar-refractivity contribution in [3.63, 3.8) is 0 Å². The zero-order valence-corrected chi connectivity index (χ0v) is 14.1. The molecule has 0 saturated heterocycles. The van der Waals surface area contributed by atoms with Gasteiger partial charge in [0.2, 0.25) is 10.0 Å². The molecule has 6 heteroatoms. The van der Waals surface area contributed by atoms with Gasteiger partial charge in [0.25, 0.3) is 0 Å². The molecule has 20 heavy (non-hydrogen) atoms. The van der Waals surface area contributed by atoms with E-state index < -0.39 is 10.0 Å². The highest BCUT2D eigenvalue weighted by Gasteiger charge is 2.18. The van der Waals surface area contributed by atoms with E-state index in [1.165, 1.54) is 0 Å². The molecule has 1 aromatic rings. The van der Waals surface area contributed by atoms with Gasteiger partial charge in [-0.1, -0.05) is 19.1 Å². The quantitative estimate of drug-likeness (QED) is 0.773. The van der Waals surface area contributed by atoms with Crippen molar-refractivity contribution >= 4 is 21.8 Å². The van der Waals surface area contributed by atoms with Crippen molar-refractivity contribution in [2.45, 2.75) is 37.2 Å². The largest absolute Gasteiger partial charge is 0.313 e. The maximum absolute atomic E-state index is 12.3. The fourth-order valence-electron chi connectivity index (χ4n) is 2.12. The van der Waals surface area contributed by atoms with Crippen LogP contribution in [0, 0.1) is 0 Å². The Morgan fingerprint density at radius 2 is 2.05 bits per heavy atom. The highest BCUT2D eigenvalue weighted by Crippen LogP contribution is 2.20. The summed E-state index contributed by atoms with van der Waals surface area (Å²) in [6.07, 6.45) is 2.88. The van der Waals surface area contributed by atoms with E-state index in [-0.39, 0.29) is 12.1 Å². The van der Waals surface area contributed by atoms with Crippen LogP contribution in [0.3, 0.4) is 0 Å². The molecule has 0 aromatic heterocycles. The van der Waals surface area contributed by atoms with Gasteiger partial charge in [-0.15, -0.1) is 0 Å². The minimum atomic E-state index is -3.45. The van der Waals surface area contributed by atoms with Crippen LogP contribution >= 0.6 is 11.8 Å². The van der Waals surface area contributed by atoms with Crippen molar-refractivity contribution in [3.05, 3.63) is 29.8 Å². The van der Waals surface area contributed by atoms with Gasteiger partial charge in [0.15, 0.2) is 0 Å². The van der Waals surface area contributed by atoms with Gasteiger partial charge >= 0.3 is 0 Å². The summed E-state index contributed by atoms with van der Waals surface area (Å²) in [5.41, 5.74) is 0.996. The maximum atomic E-state index is 12.3. The first-order valence-corrected chi connectivity index (χ1v) is 9.60. The van der Waals surface area contributed by atoms with Crippen LogP contribution in [0.4, 0.5) is 0 Å². The molecule has 0 fully saturated rings. The van der Waals surface area contributed by atoms with Crippen LogP contribution in [0.5, 0.6) is 0 Å². The van der Waals surface area contributed by atoms with Crippen LogP contribution in [0.1, 0.15) is 31.9 Å². The summed E-state index contributed by atoms with van der Waals surface area (Å²) in [6, 6.07) is 7.23. The van der Waals surface area contributed by atoms with E-state index in [0.29, 0.717) is 4.90 Å². The van der Waals surface area contributed by atoms with E-state index in [9.17, 15) is 8.42 Å². The normalized spacial score (nSPS) is 15.0. The molecule has 0 aliphatic rings. The summed E-state index contributed by atoms with van der Waals surface area (Å²) < 4.78 is 27.4. The topological polar surface area (TPSA) is 58.2 Å². The third-order valence-corrected chi connectivity index (χ3v) is 5.52. The smallest absolute Gasteiger partial charge is 0.240 e. The van der Waals surface area contributed by atoms with E-state index in [1.54, 1.807) is 30.0 Å². The van der Waals surface area contributed by atoms with Crippen LogP contribution in [-0.2, 0) is 10.0 Å². The van der Waals surface area contributed by atoms with E-state index in [1.807, 2.05) is 26.3 Å². The summed E-state index contributed by atoms with van der Waals surface area (Å²) in [6.45, 7) is 3.95. The molecular formula is C14H24N2O2S2. The third-order valence-electron chi connectivity index (χ3n) is 3.10. The Morgan fingerprint density at radius 3 is 2.60 bits per heavy atom.